The van der Waals surface area contributed by atoms with E-state index in [9.17, 15) is 9.90 Å². The fourth-order valence-electron chi connectivity index (χ4n) is 1.96. The number of aryl methyl sites for hydroxylation is 1. The van der Waals surface area contributed by atoms with Crippen LogP contribution in [0, 0.1) is 0 Å². The van der Waals surface area contributed by atoms with Crippen LogP contribution in [0.25, 0.3) is 5.57 Å². The lowest BCUT2D eigenvalue weighted by Gasteiger charge is -2.19. The Morgan fingerprint density at radius 1 is 1.47 bits per heavy atom. The van der Waals surface area contributed by atoms with E-state index in [0.29, 0.717) is 18.6 Å². The molecular weight excluding hydrogens is 284 g/mol. The second kappa shape index (κ2) is 4.92. The summed E-state index contributed by atoms with van der Waals surface area (Å²) in [4.78, 5) is 11.8. The molecule has 4 heteroatoms. The Balaban J connectivity index is 2.50. The number of hydrogen-bond acceptors (Lipinski definition) is 3. The van der Waals surface area contributed by atoms with E-state index in [0.717, 1.165) is 22.0 Å². The van der Waals surface area contributed by atoms with Crippen LogP contribution >= 0.6 is 15.9 Å². The van der Waals surface area contributed by atoms with Gasteiger partial charge in [-0.05, 0) is 36.6 Å². The van der Waals surface area contributed by atoms with E-state index in [-0.39, 0.29) is 5.76 Å². The lowest BCUT2D eigenvalue weighted by atomic mass is 9.89. The fourth-order valence-corrected chi connectivity index (χ4v) is 2.33. The van der Waals surface area contributed by atoms with Crippen molar-refractivity contribution in [1.29, 1.82) is 0 Å². The zero-order chi connectivity index (χ0) is 12.4. The molecule has 0 amide bonds. The fraction of sp³-hybridized carbons (Fsp3) is 0.308. The van der Waals surface area contributed by atoms with Crippen molar-refractivity contribution in [2.45, 2.75) is 19.8 Å². The van der Waals surface area contributed by atoms with Crippen LogP contribution < -0.4 is 0 Å². The molecule has 90 valence electrons. The maximum Gasteiger partial charge on any atom is 0.342 e. The summed E-state index contributed by atoms with van der Waals surface area (Å²) in [5.41, 5.74) is 2.13. The summed E-state index contributed by atoms with van der Waals surface area (Å²) in [5.74, 6) is -0.335. The third kappa shape index (κ3) is 2.36. The number of benzene rings is 1. The van der Waals surface area contributed by atoms with Crippen molar-refractivity contribution in [1.82, 2.24) is 0 Å². The van der Waals surface area contributed by atoms with Gasteiger partial charge in [0.2, 0.25) is 0 Å². The molecule has 17 heavy (non-hydrogen) atoms. The van der Waals surface area contributed by atoms with E-state index in [1.54, 1.807) is 6.92 Å². The van der Waals surface area contributed by atoms with Crippen LogP contribution in [-0.4, -0.2) is 17.7 Å². The highest BCUT2D eigenvalue weighted by molar-refractivity contribution is 9.10. The number of ether oxygens (including phenoxy) is 1. The zero-order valence-corrected chi connectivity index (χ0v) is 11.1. The standard InChI is InChI=1S/C13H13BrO3/c1-2-17-13(16)12-10-7-9(14)5-3-8(10)4-6-11(12)15/h3,5,7,15H,2,4,6H2,1H3. The lowest BCUT2D eigenvalue weighted by molar-refractivity contribution is -0.136. The summed E-state index contributed by atoms with van der Waals surface area (Å²) in [6, 6.07) is 5.74. The van der Waals surface area contributed by atoms with Crippen molar-refractivity contribution in [2.24, 2.45) is 0 Å². The van der Waals surface area contributed by atoms with Crippen LogP contribution in [0.3, 0.4) is 0 Å². The first-order valence-electron chi connectivity index (χ1n) is 5.51. The minimum absolute atomic E-state index is 0.119. The summed E-state index contributed by atoms with van der Waals surface area (Å²) in [6.07, 6.45) is 1.24. The average molecular weight is 297 g/mol. The normalized spacial score (nSPS) is 14.5. The molecule has 0 radical (unpaired) electrons. The van der Waals surface area contributed by atoms with Crippen LogP contribution in [-0.2, 0) is 16.0 Å². The molecule has 1 N–H and O–H groups in total. The van der Waals surface area contributed by atoms with Crippen LogP contribution in [0.4, 0.5) is 0 Å². The van der Waals surface area contributed by atoms with E-state index in [2.05, 4.69) is 15.9 Å². The molecule has 0 saturated carbocycles. The lowest BCUT2D eigenvalue weighted by Crippen LogP contribution is -2.14. The largest absolute Gasteiger partial charge is 0.511 e. The summed E-state index contributed by atoms with van der Waals surface area (Å²) in [7, 11) is 0. The van der Waals surface area contributed by atoms with Gasteiger partial charge < -0.3 is 9.84 Å². The maximum absolute atomic E-state index is 11.8. The van der Waals surface area contributed by atoms with Gasteiger partial charge >= 0.3 is 5.97 Å². The van der Waals surface area contributed by atoms with Gasteiger partial charge in [0.1, 0.15) is 11.3 Å². The quantitative estimate of drug-likeness (QED) is 0.853. The summed E-state index contributed by atoms with van der Waals surface area (Å²) in [5, 5.41) is 9.87. The SMILES string of the molecule is CCOC(=O)C1=C(O)CCc2ccc(Br)cc21. The van der Waals surface area contributed by atoms with Gasteiger partial charge in [-0.1, -0.05) is 22.0 Å². The first-order valence-corrected chi connectivity index (χ1v) is 6.30. The molecule has 0 atom stereocenters. The number of esters is 1. The molecule has 2 rings (SSSR count). The van der Waals surface area contributed by atoms with Crippen molar-refractivity contribution in [3.63, 3.8) is 0 Å². The highest BCUT2D eigenvalue weighted by atomic mass is 79.9. The molecular formula is C13H13BrO3. The minimum atomic E-state index is -0.455. The van der Waals surface area contributed by atoms with Gasteiger partial charge in [0, 0.05) is 10.9 Å². The van der Waals surface area contributed by atoms with Gasteiger partial charge in [0.15, 0.2) is 0 Å². The number of aliphatic hydroxyl groups excluding tert-OH is 1. The van der Waals surface area contributed by atoms with E-state index >= 15 is 0 Å². The number of fused-ring (bicyclic) bond motifs is 1. The van der Waals surface area contributed by atoms with Crippen molar-refractivity contribution >= 4 is 27.5 Å². The average Bonchev–Trinajstić information content (AvgIpc) is 2.28. The van der Waals surface area contributed by atoms with E-state index in [1.807, 2.05) is 18.2 Å². The van der Waals surface area contributed by atoms with Crippen molar-refractivity contribution in [3.05, 3.63) is 39.6 Å². The number of hydrogen-bond donors (Lipinski definition) is 1. The number of allylic oxidation sites excluding steroid dienone is 1. The second-order valence-corrected chi connectivity index (χ2v) is 4.76. The van der Waals surface area contributed by atoms with E-state index in [1.165, 1.54) is 0 Å². The summed E-state index contributed by atoms with van der Waals surface area (Å²) in [6.45, 7) is 2.05. The third-order valence-corrected chi connectivity index (χ3v) is 3.23. The molecule has 0 aliphatic heterocycles. The number of aliphatic hydroxyl groups is 1. The molecule has 0 bridgehead atoms. The topological polar surface area (TPSA) is 46.5 Å². The highest BCUT2D eigenvalue weighted by Gasteiger charge is 2.25. The van der Waals surface area contributed by atoms with Crippen LogP contribution in [0.2, 0.25) is 0 Å². The molecule has 1 aliphatic carbocycles. The first-order chi connectivity index (χ1) is 8.13. The Morgan fingerprint density at radius 2 is 2.24 bits per heavy atom. The number of carbonyl (C=O) groups excluding carboxylic acids is 1. The molecule has 1 aromatic rings. The van der Waals surface area contributed by atoms with Crippen LogP contribution in [0.5, 0.6) is 0 Å². The molecule has 1 aliphatic rings. The van der Waals surface area contributed by atoms with Crippen molar-refractivity contribution in [2.75, 3.05) is 6.61 Å². The number of rotatable bonds is 2. The predicted molar refractivity (Wildman–Crippen MR) is 68.6 cm³/mol. The van der Waals surface area contributed by atoms with E-state index < -0.39 is 5.97 Å². The Kier molecular flexibility index (Phi) is 3.52. The predicted octanol–water partition coefficient (Wildman–Crippen LogP) is 3.23. The van der Waals surface area contributed by atoms with Crippen LogP contribution in [0.1, 0.15) is 24.5 Å². The molecule has 0 fully saturated rings. The van der Waals surface area contributed by atoms with Gasteiger partial charge in [0.25, 0.3) is 0 Å². The van der Waals surface area contributed by atoms with E-state index in [4.69, 9.17) is 4.74 Å². The second-order valence-electron chi connectivity index (χ2n) is 3.84. The molecule has 1 aromatic carbocycles. The summed E-state index contributed by atoms with van der Waals surface area (Å²) < 4.78 is 5.86. The smallest absolute Gasteiger partial charge is 0.342 e. The Bertz CT molecular complexity index is 491. The molecule has 0 heterocycles. The Morgan fingerprint density at radius 3 is 2.94 bits per heavy atom. The third-order valence-electron chi connectivity index (χ3n) is 2.74. The number of halogens is 1. The van der Waals surface area contributed by atoms with Crippen molar-refractivity contribution in [3.8, 4) is 0 Å². The highest BCUT2D eigenvalue weighted by Crippen LogP contribution is 2.32. The molecule has 0 spiro atoms. The van der Waals surface area contributed by atoms with Crippen LogP contribution in [0.15, 0.2) is 28.4 Å². The molecule has 0 unspecified atom stereocenters. The van der Waals surface area contributed by atoms with Crippen molar-refractivity contribution < 1.29 is 14.6 Å². The Labute approximate surface area is 108 Å². The van der Waals surface area contributed by atoms with Gasteiger partial charge in [-0.25, -0.2) is 4.79 Å². The summed E-state index contributed by atoms with van der Waals surface area (Å²) >= 11 is 3.37. The molecule has 3 nitrogen and oxygen atoms in total. The zero-order valence-electron chi connectivity index (χ0n) is 9.50. The van der Waals surface area contributed by atoms with Gasteiger partial charge in [-0.3, -0.25) is 0 Å². The molecule has 0 aromatic heterocycles. The first kappa shape index (κ1) is 12.2. The van der Waals surface area contributed by atoms with Gasteiger partial charge in [-0.15, -0.1) is 0 Å². The maximum atomic E-state index is 11.8. The monoisotopic (exact) mass is 296 g/mol. The minimum Gasteiger partial charge on any atom is -0.511 e. The molecule has 0 saturated heterocycles. The Hall–Kier alpha value is -1.29. The van der Waals surface area contributed by atoms with Gasteiger partial charge in [-0.2, -0.15) is 0 Å². The van der Waals surface area contributed by atoms with Gasteiger partial charge in [0.05, 0.1) is 6.61 Å². The number of carbonyl (C=O) groups is 1.